The van der Waals surface area contributed by atoms with Crippen molar-refractivity contribution in [2.24, 2.45) is 5.92 Å². The molecule has 1 aromatic rings. The van der Waals surface area contributed by atoms with Crippen molar-refractivity contribution in [1.82, 2.24) is 15.1 Å². The molecule has 1 atom stereocenters. The average Bonchev–Trinajstić information content (AvgIpc) is 3.66. The van der Waals surface area contributed by atoms with E-state index in [1.807, 2.05) is 34.1 Å². The lowest BCUT2D eigenvalue weighted by molar-refractivity contribution is -0.137. The zero-order valence-corrected chi connectivity index (χ0v) is 17.5. The summed E-state index contributed by atoms with van der Waals surface area (Å²) in [7, 11) is 0. The van der Waals surface area contributed by atoms with E-state index >= 15 is 0 Å². The SMILES string of the molecule is O=C(NC1CC1)c1ccc(CN(C(=O)[C@@H]2CC(=O)N(C3CCCC3)C2)C2CC2)cc1. The van der Waals surface area contributed by atoms with Gasteiger partial charge in [-0.2, -0.15) is 0 Å². The van der Waals surface area contributed by atoms with Gasteiger partial charge in [-0.05, 0) is 56.2 Å². The molecule has 0 unspecified atom stereocenters. The topological polar surface area (TPSA) is 69.7 Å². The molecule has 3 saturated carbocycles. The van der Waals surface area contributed by atoms with Crippen molar-refractivity contribution in [2.75, 3.05) is 6.54 Å². The first-order valence-electron chi connectivity index (χ1n) is 11.6. The van der Waals surface area contributed by atoms with E-state index in [2.05, 4.69) is 5.32 Å². The van der Waals surface area contributed by atoms with Gasteiger partial charge in [0.15, 0.2) is 0 Å². The van der Waals surface area contributed by atoms with Gasteiger partial charge in [0.25, 0.3) is 5.91 Å². The second kappa shape index (κ2) is 8.05. The third-order valence-electron chi connectivity index (χ3n) is 7.03. The van der Waals surface area contributed by atoms with Crippen molar-refractivity contribution in [3.8, 4) is 0 Å². The van der Waals surface area contributed by atoms with Gasteiger partial charge in [0.2, 0.25) is 11.8 Å². The summed E-state index contributed by atoms with van der Waals surface area (Å²) in [6, 6.07) is 8.60. The highest BCUT2D eigenvalue weighted by Gasteiger charge is 2.43. The lowest BCUT2D eigenvalue weighted by atomic mass is 10.1. The van der Waals surface area contributed by atoms with E-state index in [0.717, 1.165) is 44.1 Å². The van der Waals surface area contributed by atoms with Gasteiger partial charge in [-0.1, -0.05) is 25.0 Å². The number of hydrogen-bond donors (Lipinski definition) is 1. The van der Waals surface area contributed by atoms with Gasteiger partial charge >= 0.3 is 0 Å². The molecule has 1 heterocycles. The first-order chi connectivity index (χ1) is 14.6. The number of nitrogens with one attached hydrogen (secondary N) is 1. The smallest absolute Gasteiger partial charge is 0.251 e. The zero-order valence-electron chi connectivity index (χ0n) is 17.5. The summed E-state index contributed by atoms with van der Waals surface area (Å²) in [5.74, 6) is 0.0573. The number of benzene rings is 1. The number of rotatable bonds is 7. The molecule has 4 fully saturated rings. The minimum atomic E-state index is -0.206. The van der Waals surface area contributed by atoms with Crippen LogP contribution in [0.4, 0.5) is 0 Å². The van der Waals surface area contributed by atoms with E-state index in [-0.39, 0.29) is 23.6 Å². The Labute approximate surface area is 178 Å². The van der Waals surface area contributed by atoms with Crippen molar-refractivity contribution in [1.29, 1.82) is 0 Å². The van der Waals surface area contributed by atoms with Crippen molar-refractivity contribution >= 4 is 17.7 Å². The van der Waals surface area contributed by atoms with Crippen LogP contribution in [0.3, 0.4) is 0 Å². The van der Waals surface area contributed by atoms with Gasteiger partial charge in [-0.15, -0.1) is 0 Å². The molecule has 0 radical (unpaired) electrons. The molecule has 6 heteroatoms. The molecule has 0 bridgehead atoms. The summed E-state index contributed by atoms with van der Waals surface area (Å²) < 4.78 is 0. The predicted molar refractivity (Wildman–Crippen MR) is 113 cm³/mol. The summed E-state index contributed by atoms with van der Waals surface area (Å²) in [6.07, 6.45) is 9.14. The molecule has 0 spiro atoms. The molecule has 160 valence electrons. The van der Waals surface area contributed by atoms with Crippen LogP contribution < -0.4 is 5.32 Å². The second-order valence-corrected chi connectivity index (χ2v) is 9.53. The average molecular weight is 410 g/mol. The van der Waals surface area contributed by atoms with Crippen LogP contribution in [0, 0.1) is 5.92 Å². The summed E-state index contributed by atoms with van der Waals surface area (Å²) in [5, 5.41) is 3.01. The lowest BCUT2D eigenvalue weighted by Gasteiger charge is -2.27. The third-order valence-corrected chi connectivity index (χ3v) is 7.03. The van der Waals surface area contributed by atoms with Gasteiger partial charge in [0.05, 0.1) is 5.92 Å². The first-order valence-corrected chi connectivity index (χ1v) is 11.6. The minimum absolute atomic E-state index is 0.0179. The fourth-order valence-electron chi connectivity index (χ4n) is 4.93. The predicted octanol–water partition coefficient (Wildman–Crippen LogP) is 2.86. The zero-order chi connectivity index (χ0) is 20.7. The third kappa shape index (κ3) is 4.23. The monoisotopic (exact) mass is 409 g/mol. The van der Waals surface area contributed by atoms with Crippen LogP contribution in [0.5, 0.6) is 0 Å². The Morgan fingerprint density at radius 2 is 1.70 bits per heavy atom. The van der Waals surface area contributed by atoms with E-state index in [0.29, 0.717) is 43.2 Å². The Hall–Kier alpha value is -2.37. The van der Waals surface area contributed by atoms with E-state index in [9.17, 15) is 14.4 Å². The van der Waals surface area contributed by atoms with Crippen LogP contribution in [-0.4, -0.2) is 52.2 Å². The van der Waals surface area contributed by atoms with Crippen LogP contribution in [-0.2, 0) is 16.1 Å². The first kappa shape index (κ1) is 19.6. The highest BCUT2D eigenvalue weighted by molar-refractivity contribution is 5.94. The molecule has 1 aromatic carbocycles. The highest BCUT2D eigenvalue weighted by atomic mass is 16.2. The number of likely N-dealkylation sites (tertiary alicyclic amines) is 1. The van der Waals surface area contributed by atoms with Gasteiger partial charge in [0.1, 0.15) is 0 Å². The van der Waals surface area contributed by atoms with E-state index < -0.39 is 0 Å². The van der Waals surface area contributed by atoms with Crippen LogP contribution in [0.1, 0.15) is 73.7 Å². The van der Waals surface area contributed by atoms with E-state index in [1.54, 1.807) is 0 Å². The molecule has 1 N–H and O–H groups in total. The Balaban J connectivity index is 1.22. The van der Waals surface area contributed by atoms with Crippen LogP contribution in [0.15, 0.2) is 24.3 Å². The summed E-state index contributed by atoms with van der Waals surface area (Å²) in [5.41, 5.74) is 1.71. The van der Waals surface area contributed by atoms with Crippen molar-refractivity contribution in [2.45, 2.75) is 82.5 Å². The van der Waals surface area contributed by atoms with Gasteiger partial charge in [-0.3, -0.25) is 14.4 Å². The summed E-state index contributed by atoms with van der Waals surface area (Å²) in [4.78, 5) is 42.0. The number of hydrogen-bond acceptors (Lipinski definition) is 3. The lowest BCUT2D eigenvalue weighted by Crippen LogP contribution is -2.40. The second-order valence-electron chi connectivity index (χ2n) is 9.53. The quantitative estimate of drug-likeness (QED) is 0.753. The van der Waals surface area contributed by atoms with Crippen molar-refractivity contribution in [3.05, 3.63) is 35.4 Å². The molecule has 4 aliphatic rings. The number of carbonyl (C=O) groups excluding carboxylic acids is 3. The van der Waals surface area contributed by atoms with E-state index in [4.69, 9.17) is 0 Å². The molecule has 30 heavy (non-hydrogen) atoms. The molecular weight excluding hydrogens is 378 g/mol. The number of carbonyl (C=O) groups is 3. The largest absolute Gasteiger partial charge is 0.349 e. The molecular formula is C24H31N3O3. The molecule has 1 aliphatic heterocycles. The molecule has 1 saturated heterocycles. The Bertz CT molecular complexity index is 823. The highest BCUT2D eigenvalue weighted by Crippen LogP contribution is 2.34. The molecule has 0 aromatic heterocycles. The Morgan fingerprint density at radius 1 is 1.00 bits per heavy atom. The fourth-order valence-corrected chi connectivity index (χ4v) is 4.93. The van der Waals surface area contributed by atoms with Crippen molar-refractivity contribution in [3.63, 3.8) is 0 Å². The number of nitrogens with zero attached hydrogens (tertiary/aromatic N) is 2. The van der Waals surface area contributed by atoms with Gasteiger partial charge in [0, 0.05) is 43.2 Å². The van der Waals surface area contributed by atoms with Gasteiger partial charge < -0.3 is 15.1 Å². The van der Waals surface area contributed by atoms with Crippen molar-refractivity contribution < 1.29 is 14.4 Å². The van der Waals surface area contributed by atoms with Gasteiger partial charge in [-0.25, -0.2) is 0 Å². The van der Waals surface area contributed by atoms with Crippen LogP contribution in [0.2, 0.25) is 0 Å². The van der Waals surface area contributed by atoms with Crippen LogP contribution in [0.25, 0.3) is 0 Å². The molecule has 6 nitrogen and oxygen atoms in total. The fraction of sp³-hybridized carbons (Fsp3) is 0.625. The Morgan fingerprint density at radius 3 is 2.33 bits per heavy atom. The van der Waals surface area contributed by atoms with E-state index in [1.165, 1.54) is 12.8 Å². The van der Waals surface area contributed by atoms with Crippen LogP contribution >= 0.6 is 0 Å². The maximum absolute atomic E-state index is 13.3. The summed E-state index contributed by atoms with van der Waals surface area (Å²) >= 11 is 0. The number of amides is 3. The molecule has 5 rings (SSSR count). The summed E-state index contributed by atoms with van der Waals surface area (Å²) in [6.45, 7) is 1.15. The molecule has 3 amide bonds. The Kier molecular flexibility index (Phi) is 5.25. The molecule has 3 aliphatic carbocycles. The minimum Gasteiger partial charge on any atom is -0.349 e. The standard InChI is InChI=1S/C24H31N3O3/c28-22-13-18(15-26(22)20-3-1-2-4-20)24(30)27(21-11-12-21)14-16-5-7-17(8-6-16)23(29)25-19-9-10-19/h5-8,18-21H,1-4,9-15H2,(H,25,29)/t18-/m1/s1. The maximum Gasteiger partial charge on any atom is 0.251 e. The maximum atomic E-state index is 13.3. The normalized spacial score (nSPS) is 24.3.